The van der Waals surface area contributed by atoms with E-state index in [1.807, 2.05) is 36.4 Å². The van der Waals surface area contributed by atoms with E-state index < -0.39 is 0 Å². The summed E-state index contributed by atoms with van der Waals surface area (Å²) in [5, 5.41) is 5.77. The van der Waals surface area contributed by atoms with Gasteiger partial charge >= 0.3 is 6.03 Å². The maximum absolute atomic E-state index is 12.0. The first-order valence-corrected chi connectivity index (χ1v) is 8.50. The van der Waals surface area contributed by atoms with Crippen molar-refractivity contribution in [1.82, 2.24) is 10.2 Å². The van der Waals surface area contributed by atoms with Crippen LogP contribution in [0.25, 0.3) is 0 Å². The topological polar surface area (TPSA) is 44.4 Å². The van der Waals surface area contributed by atoms with Crippen molar-refractivity contribution in [3.63, 3.8) is 0 Å². The molecule has 0 heterocycles. The lowest BCUT2D eigenvalue weighted by Crippen LogP contribution is -2.28. The number of benzene rings is 2. The summed E-state index contributed by atoms with van der Waals surface area (Å²) in [6.07, 6.45) is 0.996. The molecule has 0 radical (unpaired) electrons. The van der Waals surface area contributed by atoms with E-state index in [0.29, 0.717) is 6.54 Å². The van der Waals surface area contributed by atoms with Crippen LogP contribution in [0.15, 0.2) is 48.5 Å². The van der Waals surface area contributed by atoms with Crippen molar-refractivity contribution in [2.45, 2.75) is 33.4 Å². The minimum Gasteiger partial charge on any atom is -0.334 e. The predicted molar refractivity (Wildman–Crippen MR) is 100 cm³/mol. The Bertz CT molecular complexity index is 652. The van der Waals surface area contributed by atoms with Crippen LogP contribution in [0.2, 0.25) is 0 Å². The second-order valence-electron chi connectivity index (χ2n) is 6.01. The molecule has 2 aromatic carbocycles. The van der Waals surface area contributed by atoms with Crippen LogP contribution in [-0.2, 0) is 19.5 Å². The summed E-state index contributed by atoms with van der Waals surface area (Å²) in [6.45, 7) is 6.70. The minimum atomic E-state index is -0.185. The molecule has 2 N–H and O–H groups in total. The Kier molecular flexibility index (Phi) is 6.82. The summed E-state index contributed by atoms with van der Waals surface area (Å²) in [4.78, 5) is 14.3. The molecule has 0 atom stereocenters. The van der Waals surface area contributed by atoms with Gasteiger partial charge in [0.25, 0.3) is 0 Å². The second-order valence-corrected chi connectivity index (χ2v) is 6.01. The number of nitrogens with one attached hydrogen (secondary N) is 2. The zero-order valence-electron chi connectivity index (χ0n) is 14.8. The highest BCUT2D eigenvalue weighted by molar-refractivity contribution is 5.89. The van der Waals surface area contributed by atoms with Crippen molar-refractivity contribution in [1.29, 1.82) is 0 Å². The van der Waals surface area contributed by atoms with E-state index in [4.69, 9.17) is 0 Å². The fourth-order valence-electron chi connectivity index (χ4n) is 2.44. The molecule has 0 fully saturated rings. The fourth-order valence-corrected chi connectivity index (χ4v) is 2.44. The Morgan fingerprint density at radius 1 is 1.00 bits per heavy atom. The van der Waals surface area contributed by atoms with Crippen molar-refractivity contribution in [2.75, 3.05) is 18.9 Å². The maximum atomic E-state index is 12.0. The summed E-state index contributed by atoms with van der Waals surface area (Å²) in [7, 11) is 2.10. The van der Waals surface area contributed by atoms with Gasteiger partial charge < -0.3 is 15.5 Å². The van der Waals surface area contributed by atoms with Crippen LogP contribution in [0.4, 0.5) is 10.5 Å². The van der Waals surface area contributed by atoms with Gasteiger partial charge in [0.15, 0.2) is 0 Å². The molecule has 0 aliphatic rings. The third kappa shape index (κ3) is 5.70. The summed E-state index contributed by atoms with van der Waals surface area (Å²) in [6, 6.07) is 16.1. The molecule has 0 unspecified atom stereocenters. The highest BCUT2D eigenvalue weighted by Gasteiger charge is 2.03. The Hall–Kier alpha value is -2.33. The van der Waals surface area contributed by atoms with E-state index >= 15 is 0 Å². The van der Waals surface area contributed by atoms with E-state index in [1.165, 1.54) is 11.1 Å². The van der Waals surface area contributed by atoms with Crippen LogP contribution in [0.1, 0.15) is 30.5 Å². The number of aryl methyl sites for hydroxylation is 1. The Morgan fingerprint density at radius 2 is 1.71 bits per heavy atom. The van der Waals surface area contributed by atoms with Gasteiger partial charge in [-0.3, -0.25) is 0 Å². The van der Waals surface area contributed by atoms with Gasteiger partial charge in [-0.25, -0.2) is 4.79 Å². The summed E-state index contributed by atoms with van der Waals surface area (Å²) >= 11 is 0. The fraction of sp³-hybridized carbons (Fsp3) is 0.350. The van der Waals surface area contributed by atoms with Crippen LogP contribution >= 0.6 is 0 Å². The standard InChI is InChI=1S/C20H27N3O/c1-4-16-9-11-19(12-10-16)22-20(24)21-14-17-7-6-8-18(13-17)15-23(3)5-2/h6-13H,4-5,14-15H2,1-3H3,(H2,21,22,24). The molecule has 0 spiro atoms. The number of carbonyl (C=O) groups is 1. The highest BCUT2D eigenvalue weighted by Crippen LogP contribution is 2.10. The molecule has 0 saturated carbocycles. The lowest BCUT2D eigenvalue weighted by Gasteiger charge is -2.14. The normalized spacial score (nSPS) is 10.7. The minimum absolute atomic E-state index is 0.185. The Morgan fingerprint density at radius 3 is 2.38 bits per heavy atom. The van der Waals surface area contributed by atoms with Gasteiger partial charge in [-0.15, -0.1) is 0 Å². The first-order chi connectivity index (χ1) is 11.6. The quantitative estimate of drug-likeness (QED) is 0.807. The van der Waals surface area contributed by atoms with Crippen molar-refractivity contribution in [2.24, 2.45) is 0 Å². The third-order valence-electron chi connectivity index (χ3n) is 4.06. The molecule has 0 aromatic heterocycles. The molecule has 2 amide bonds. The van der Waals surface area contributed by atoms with Crippen LogP contribution in [0, 0.1) is 0 Å². The predicted octanol–water partition coefficient (Wildman–Crippen LogP) is 4.02. The van der Waals surface area contributed by atoms with E-state index in [2.05, 4.69) is 48.6 Å². The lowest BCUT2D eigenvalue weighted by atomic mass is 10.1. The molecular formula is C20H27N3O. The molecule has 0 aliphatic carbocycles. The highest BCUT2D eigenvalue weighted by atomic mass is 16.2. The van der Waals surface area contributed by atoms with Gasteiger partial charge in [0.05, 0.1) is 0 Å². The number of amides is 2. The Balaban J connectivity index is 1.85. The summed E-state index contributed by atoms with van der Waals surface area (Å²) < 4.78 is 0. The van der Waals surface area contributed by atoms with Gasteiger partial charge in [-0.1, -0.05) is 50.2 Å². The summed E-state index contributed by atoms with van der Waals surface area (Å²) in [5.74, 6) is 0. The maximum Gasteiger partial charge on any atom is 0.319 e. The van der Waals surface area contributed by atoms with Crippen LogP contribution < -0.4 is 10.6 Å². The van der Waals surface area contributed by atoms with Crippen LogP contribution in [-0.4, -0.2) is 24.5 Å². The zero-order valence-corrected chi connectivity index (χ0v) is 14.8. The number of urea groups is 1. The number of rotatable bonds is 7. The van der Waals surface area contributed by atoms with E-state index in [0.717, 1.165) is 30.8 Å². The molecule has 24 heavy (non-hydrogen) atoms. The van der Waals surface area contributed by atoms with Gasteiger partial charge in [-0.05, 0) is 48.8 Å². The summed E-state index contributed by atoms with van der Waals surface area (Å²) in [5.41, 5.74) is 4.43. The molecule has 4 nitrogen and oxygen atoms in total. The molecule has 2 aromatic rings. The molecule has 2 rings (SSSR count). The van der Waals surface area contributed by atoms with Crippen molar-refractivity contribution >= 4 is 11.7 Å². The van der Waals surface area contributed by atoms with Crippen molar-refractivity contribution in [3.8, 4) is 0 Å². The number of carbonyl (C=O) groups excluding carboxylic acids is 1. The first-order valence-electron chi connectivity index (χ1n) is 8.50. The molecule has 0 bridgehead atoms. The van der Waals surface area contributed by atoms with Gasteiger partial charge in [-0.2, -0.15) is 0 Å². The smallest absolute Gasteiger partial charge is 0.319 e. The SMILES string of the molecule is CCc1ccc(NC(=O)NCc2cccc(CN(C)CC)c2)cc1. The lowest BCUT2D eigenvalue weighted by molar-refractivity contribution is 0.251. The molecule has 128 valence electrons. The molecule has 0 aliphatic heterocycles. The average Bonchev–Trinajstić information content (AvgIpc) is 2.61. The van der Waals surface area contributed by atoms with E-state index in [1.54, 1.807) is 0 Å². The van der Waals surface area contributed by atoms with E-state index in [9.17, 15) is 4.79 Å². The number of hydrogen-bond acceptors (Lipinski definition) is 2. The number of anilines is 1. The monoisotopic (exact) mass is 325 g/mol. The van der Waals surface area contributed by atoms with Gasteiger partial charge in [0.2, 0.25) is 0 Å². The molecular weight excluding hydrogens is 298 g/mol. The van der Waals surface area contributed by atoms with Crippen LogP contribution in [0.5, 0.6) is 0 Å². The zero-order chi connectivity index (χ0) is 17.4. The second kappa shape index (κ2) is 9.08. The number of nitrogens with zero attached hydrogens (tertiary/aromatic N) is 1. The van der Waals surface area contributed by atoms with Gasteiger partial charge in [0.1, 0.15) is 0 Å². The van der Waals surface area contributed by atoms with E-state index in [-0.39, 0.29) is 6.03 Å². The van der Waals surface area contributed by atoms with Gasteiger partial charge in [0, 0.05) is 18.8 Å². The van der Waals surface area contributed by atoms with Crippen molar-refractivity contribution in [3.05, 3.63) is 65.2 Å². The average molecular weight is 325 g/mol. The Labute approximate surface area is 144 Å². The first kappa shape index (κ1) is 18.0. The third-order valence-corrected chi connectivity index (χ3v) is 4.06. The molecule has 4 heteroatoms. The van der Waals surface area contributed by atoms with Crippen molar-refractivity contribution < 1.29 is 4.79 Å². The number of hydrogen-bond donors (Lipinski definition) is 2. The molecule has 0 saturated heterocycles. The largest absolute Gasteiger partial charge is 0.334 e. The van der Waals surface area contributed by atoms with Crippen LogP contribution in [0.3, 0.4) is 0 Å².